The summed E-state index contributed by atoms with van der Waals surface area (Å²) in [5, 5.41) is 1.09. The predicted molar refractivity (Wildman–Crippen MR) is 152 cm³/mol. The van der Waals surface area contributed by atoms with Crippen molar-refractivity contribution in [3.05, 3.63) is 90.7 Å². The number of hydrogen-bond donors (Lipinski definition) is 0. The number of benzene rings is 2. The highest BCUT2D eigenvalue weighted by atomic mass is 32.1. The molecule has 39 heavy (non-hydrogen) atoms. The number of thiazole rings is 1. The standard InChI is InChI=1S/C30H31N3O5S/c1-6-32-18(4)21(20-11-9-10-12-23(20)32)16-26-28(34)33-27(22(29(35)36-5)17-31-30(33)39-26)19-13-14-24(37-7-2)25(15-19)38-8-3/h9-17,27H,6-8H2,1-5H3/b26-16+/t27-/m1/s1. The van der Waals surface area contributed by atoms with Crippen LogP contribution >= 0.6 is 11.3 Å². The Balaban J connectivity index is 1.73. The lowest BCUT2D eigenvalue weighted by atomic mass is 9.97. The molecule has 0 unspecified atom stereocenters. The quantitative estimate of drug-likeness (QED) is 0.312. The van der Waals surface area contributed by atoms with Crippen LogP contribution in [0.1, 0.15) is 43.6 Å². The second-order valence-electron chi connectivity index (χ2n) is 9.01. The minimum atomic E-state index is -0.733. The molecule has 0 saturated heterocycles. The Morgan fingerprint density at radius 1 is 1.08 bits per heavy atom. The van der Waals surface area contributed by atoms with Crippen LogP contribution in [0.2, 0.25) is 0 Å². The normalized spacial score (nSPS) is 15.1. The van der Waals surface area contributed by atoms with Crippen molar-refractivity contribution in [2.24, 2.45) is 4.99 Å². The topological polar surface area (TPSA) is 84.0 Å². The van der Waals surface area contributed by atoms with Gasteiger partial charge in [0.1, 0.15) is 0 Å². The molecule has 0 saturated carbocycles. The summed E-state index contributed by atoms with van der Waals surface area (Å²) >= 11 is 1.30. The molecule has 1 aliphatic heterocycles. The van der Waals surface area contributed by atoms with Crippen molar-refractivity contribution in [3.8, 4) is 11.5 Å². The lowest BCUT2D eigenvalue weighted by Crippen LogP contribution is -2.39. The van der Waals surface area contributed by atoms with Gasteiger partial charge >= 0.3 is 5.97 Å². The Morgan fingerprint density at radius 2 is 1.82 bits per heavy atom. The molecule has 2 aromatic heterocycles. The molecule has 0 aliphatic carbocycles. The SMILES string of the molecule is CCOc1ccc([C@@H]2C(C(=O)OC)=CN=c3s/c(=C/c4c(C)n(CC)c5ccccc45)c(=O)n32)cc1OCC. The van der Waals surface area contributed by atoms with E-state index in [9.17, 15) is 9.59 Å². The molecule has 1 atom stereocenters. The molecule has 5 rings (SSSR count). The second kappa shape index (κ2) is 10.9. The first-order valence-electron chi connectivity index (χ1n) is 13.0. The lowest BCUT2D eigenvalue weighted by molar-refractivity contribution is -0.136. The van der Waals surface area contributed by atoms with Crippen LogP contribution in [-0.2, 0) is 16.1 Å². The van der Waals surface area contributed by atoms with Gasteiger partial charge in [-0.25, -0.2) is 9.79 Å². The first kappa shape index (κ1) is 26.5. The van der Waals surface area contributed by atoms with E-state index in [-0.39, 0.29) is 11.1 Å². The molecule has 3 heterocycles. The van der Waals surface area contributed by atoms with E-state index in [0.29, 0.717) is 39.6 Å². The van der Waals surface area contributed by atoms with Crippen molar-refractivity contribution < 1.29 is 19.0 Å². The number of hydrogen-bond acceptors (Lipinski definition) is 7. The van der Waals surface area contributed by atoms with Gasteiger partial charge in [0, 0.05) is 34.9 Å². The molecule has 2 aromatic carbocycles. The average molecular weight is 546 g/mol. The summed E-state index contributed by atoms with van der Waals surface area (Å²) in [6.07, 6.45) is 3.44. The van der Waals surface area contributed by atoms with Crippen LogP contribution in [0.3, 0.4) is 0 Å². The highest BCUT2D eigenvalue weighted by molar-refractivity contribution is 7.07. The highest BCUT2D eigenvalue weighted by Gasteiger charge is 2.31. The monoisotopic (exact) mass is 545 g/mol. The maximum Gasteiger partial charge on any atom is 0.337 e. The van der Waals surface area contributed by atoms with Gasteiger partial charge in [0.15, 0.2) is 16.3 Å². The van der Waals surface area contributed by atoms with Crippen LogP contribution in [0.5, 0.6) is 11.5 Å². The van der Waals surface area contributed by atoms with Gasteiger partial charge in [-0.1, -0.05) is 35.6 Å². The van der Waals surface area contributed by atoms with E-state index in [1.54, 1.807) is 10.6 Å². The molecule has 0 N–H and O–H groups in total. The average Bonchev–Trinajstić information content (AvgIpc) is 3.41. The van der Waals surface area contributed by atoms with Gasteiger partial charge in [0.05, 0.1) is 36.5 Å². The molecule has 8 nitrogen and oxygen atoms in total. The molecule has 0 radical (unpaired) electrons. The summed E-state index contributed by atoms with van der Waals surface area (Å²) in [6.45, 7) is 9.72. The van der Waals surface area contributed by atoms with E-state index in [0.717, 1.165) is 28.7 Å². The molecule has 9 heteroatoms. The van der Waals surface area contributed by atoms with Gasteiger partial charge in [-0.05, 0) is 57.5 Å². The third-order valence-corrected chi connectivity index (χ3v) is 7.88. The van der Waals surface area contributed by atoms with E-state index in [2.05, 4.69) is 35.5 Å². The van der Waals surface area contributed by atoms with Gasteiger partial charge in [-0.3, -0.25) is 9.36 Å². The van der Waals surface area contributed by atoms with Gasteiger partial charge in [-0.2, -0.15) is 0 Å². The number of methoxy groups -OCH3 is 1. The zero-order valence-corrected chi connectivity index (χ0v) is 23.5. The second-order valence-corrected chi connectivity index (χ2v) is 10.0. The van der Waals surface area contributed by atoms with Crippen LogP contribution in [0.4, 0.5) is 0 Å². The number of esters is 1. The van der Waals surface area contributed by atoms with Crippen LogP contribution in [0.25, 0.3) is 17.0 Å². The highest BCUT2D eigenvalue weighted by Crippen LogP contribution is 2.35. The largest absolute Gasteiger partial charge is 0.490 e. The third kappa shape index (κ3) is 4.57. The van der Waals surface area contributed by atoms with Gasteiger partial charge in [-0.15, -0.1) is 0 Å². The molecule has 4 aromatic rings. The molecular formula is C30H31N3O5S. The first-order chi connectivity index (χ1) is 18.9. The number of nitrogens with zero attached hydrogens (tertiary/aromatic N) is 3. The number of rotatable bonds is 8. The van der Waals surface area contributed by atoms with Crippen molar-refractivity contribution in [1.82, 2.24) is 9.13 Å². The molecule has 0 bridgehead atoms. The van der Waals surface area contributed by atoms with Crippen molar-refractivity contribution >= 4 is 34.3 Å². The first-order valence-corrected chi connectivity index (χ1v) is 13.8. The smallest absolute Gasteiger partial charge is 0.337 e. The minimum Gasteiger partial charge on any atom is -0.490 e. The van der Waals surface area contributed by atoms with Crippen molar-refractivity contribution in [3.63, 3.8) is 0 Å². The van der Waals surface area contributed by atoms with E-state index in [4.69, 9.17) is 14.2 Å². The fraction of sp³-hybridized carbons (Fsp3) is 0.300. The summed E-state index contributed by atoms with van der Waals surface area (Å²) in [5.74, 6) is 0.594. The fourth-order valence-corrected chi connectivity index (χ4v) is 6.12. The summed E-state index contributed by atoms with van der Waals surface area (Å²) < 4.78 is 21.0. The molecule has 0 fully saturated rings. The maximum absolute atomic E-state index is 14.0. The van der Waals surface area contributed by atoms with Gasteiger partial charge < -0.3 is 18.8 Å². The predicted octanol–water partition coefficient (Wildman–Crippen LogP) is 4.10. The zero-order chi connectivity index (χ0) is 27.7. The summed E-state index contributed by atoms with van der Waals surface area (Å²) in [6, 6.07) is 12.9. The fourth-order valence-electron chi connectivity index (χ4n) is 5.17. The molecule has 1 aliphatic rings. The summed E-state index contributed by atoms with van der Waals surface area (Å²) in [5.41, 5.74) is 3.95. The van der Waals surface area contributed by atoms with Crippen LogP contribution in [0.15, 0.2) is 64.0 Å². The Hall–Kier alpha value is -4.11. The number of fused-ring (bicyclic) bond motifs is 2. The van der Waals surface area contributed by atoms with Crippen LogP contribution in [0, 0.1) is 6.92 Å². The Labute approximate surface area is 230 Å². The van der Waals surface area contributed by atoms with Gasteiger partial charge in [0.2, 0.25) is 0 Å². The van der Waals surface area contributed by atoms with Crippen molar-refractivity contribution in [2.75, 3.05) is 20.3 Å². The third-order valence-electron chi connectivity index (χ3n) is 6.88. The molecular weight excluding hydrogens is 514 g/mol. The molecule has 0 spiro atoms. The number of para-hydroxylation sites is 1. The lowest BCUT2D eigenvalue weighted by Gasteiger charge is -2.23. The summed E-state index contributed by atoms with van der Waals surface area (Å²) in [7, 11) is 1.32. The van der Waals surface area contributed by atoms with Crippen molar-refractivity contribution in [2.45, 2.75) is 40.3 Å². The van der Waals surface area contributed by atoms with Crippen LogP contribution < -0.4 is 24.4 Å². The Bertz CT molecular complexity index is 1780. The summed E-state index contributed by atoms with van der Waals surface area (Å²) in [4.78, 5) is 31.8. The van der Waals surface area contributed by atoms with Gasteiger partial charge in [0.25, 0.3) is 5.56 Å². The Morgan fingerprint density at radius 3 is 2.54 bits per heavy atom. The number of aryl methyl sites for hydroxylation is 1. The van der Waals surface area contributed by atoms with E-state index >= 15 is 0 Å². The number of carbonyl (C=O) groups excluding carboxylic acids is 1. The molecule has 202 valence electrons. The zero-order valence-electron chi connectivity index (χ0n) is 22.7. The van der Waals surface area contributed by atoms with E-state index in [1.807, 2.05) is 44.2 Å². The van der Waals surface area contributed by atoms with Crippen molar-refractivity contribution in [1.29, 1.82) is 0 Å². The van der Waals surface area contributed by atoms with Crippen LogP contribution in [-0.4, -0.2) is 35.4 Å². The molecule has 0 amide bonds. The van der Waals surface area contributed by atoms with E-state index < -0.39 is 12.0 Å². The number of carbonyl (C=O) groups is 1. The maximum atomic E-state index is 14.0. The minimum absolute atomic E-state index is 0.224. The Kier molecular flexibility index (Phi) is 7.43. The number of aromatic nitrogens is 2. The number of ether oxygens (including phenoxy) is 3. The van der Waals surface area contributed by atoms with E-state index in [1.165, 1.54) is 24.6 Å².